The lowest BCUT2D eigenvalue weighted by Gasteiger charge is -2.10. The van der Waals surface area contributed by atoms with Crippen molar-refractivity contribution in [3.05, 3.63) is 0 Å². The summed E-state index contributed by atoms with van der Waals surface area (Å²) in [4.78, 5) is 0. The minimum Gasteiger partial charge on any atom is -0.0654 e. The summed E-state index contributed by atoms with van der Waals surface area (Å²) in [5, 5.41) is 0. The van der Waals surface area contributed by atoms with Gasteiger partial charge in [-0.25, -0.2) is 0 Å². The van der Waals surface area contributed by atoms with Crippen LogP contribution >= 0.6 is 0 Å². The second-order valence-electron chi connectivity index (χ2n) is 6.93. The second-order valence-corrected chi connectivity index (χ2v) is 6.93. The standard InChI is InChI=1S/C20H42/c1-4-6-8-9-10-11-12-13-14-15-16-17-19-20(3)18-7-5-2/h20H,4-19H2,1-3H3/t20-/m0/s1. The van der Waals surface area contributed by atoms with Gasteiger partial charge in [-0.2, -0.15) is 0 Å². The van der Waals surface area contributed by atoms with Crippen molar-refractivity contribution in [1.29, 1.82) is 0 Å². The average molecular weight is 283 g/mol. The van der Waals surface area contributed by atoms with Gasteiger partial charge in [0.25, 0.3) is 0 Å². The molecule has 0 aliphatic rings. The van der Waals surface area contributed by atoms with E-state index in [1.54, 1.807) is 0 Å². The summed E-state index contributed by atoms with van der Waals surface area (Å²) in [7, 11) is 0. The van der Waals surface area contributed by atoms with Crippen LogP contribution < -0.4 is 0 Å². The number of rotatable bonds is 16. The Morgan fingerprint density at radius 3 is 1.25 bits per heavy atom. The highest BCUT2D eigenvalue weighted by Crippen LogP contribution is 2.17. The molecule has 0 saturated heterocycles. The number of unbranched alkanes of at least 4 members (excludes halogenated alkanes) is 12. The Morgan fingerprint density at radius 1 is 0.450 bits per heavy atom. The van der Waals surface area contributed by atoms with E-state index in [2.05, 4.69) is 20.8 Å². The van der Waals surface area contributed by atoms with Crippen LogP contribution in [0.25, 0.3) is 0 Å². The zero-order chi connectivity index (χ0) is 14.9. The maximum Gasteiger partial charge on any atom is -0.0443 e. The van der Waals surface area contributed by atoms with Crippen LogP contribution in [0.2, 0.25) is 0 Å². The van der Waals surface area contributed by atoms with Crippen LogP contribution in [0, 0.1) is 5.92 Å². The van der Waals surface area contributed by atoms with Crippen molar-refractivity contribution < 1.29 is 0 Å². The average Bonchev–Trinajstić information content (AvgIpc) is 2.46. The van der Waals surface area contributed by atoms with E-state index >= 15 is 0 Å². The Labute approximate surface area is 130 Å². The van der Waals surface area contributed by atoms with Gasteiger partial charge in [0.05, 0.1) is 0 Å². The van der Waals surface area contributed by atoms with Crippen molar-refractivity contribution in [2.45, 2.75) is 124 Å². The van der Waals surface area contributed by atoms with Gasteiger partial charge in [0.15, 0.2) is 0 Å². The van der Waals surface area contributed by atoms with Crippen molar-refractivity contribution in [2.24, 2.45) is 5.92 Å². The third-order valence-corrected chi connectivity index (χ3v) is 4.60. The van der Waals surface area contributed by atoms with E-state index in [9.17, 15) is 0 Å². The molecule has 0 heteroatoms. The Balaban J connectivity index is 3.02. The first-order valence-corrected chi connectivity index (χ1v) is 9.81. The highest BCUT2D eigenvalue weighted by molar-refractivity contribution is 4.54. The van der Waals surface area contributed by atoms with E-state index in [0.717, 1.165) is 5.92 Å². The summed E-state index contributed by atoms with van der Waals surface area (Å²) < 4.78 is 0. The van der Waals surface area contributed by atoms with Gasteiger partial charge in [0.1, 0.15) is 0 Å². The molecule has 0 fully saturated rings. The fraction of sp³-hybridized carbons (Fsp3) is 1.00. The fourth-order valence-electron chi connectivity index (χ4n) is 3.03. The van der Waals surface area contributed by atoms with E-state index in [1.807, 2.05) is 0 Å². The minimum atomic E-state index is 0.970. The Kier molecular flexibility index (Phi) is 17.1. The van der Waals surface area contributed by atoms with Crippen molar-refractivity contribution in [3.8, 4) is 0 Å². The summed E-state index contributed by atoms with van der Waals surface area (Å²) in [5.41, 5.74) is 0. The van der Waals surface area contributed by atoms with Crippen LogP contribution in [0.15, 0.2) is 0 Å². The molecule has 0 bridgehead atoms. The van der Waals surface area contributed by atoms with Crippen molar-refractivity contribution in [2.75, 3.05) is 0 Å². The van der Waals surface area contributed by atoms with E-state index < -0.39 is 0 Å². The smallest absolute Gasteiger partial charge is 0.0443 e. The molecule has 0 aromatic rings. The highest BCUT2D eigenvalue weighted by Gasteiger charge is 2.00. The van der Waals surface area contributed by atoms with Gasteiger partial charge in [-0.3, -0.25) is 0 Å². The fourth-order valence-corrected chi connectivity index (χ4v) is 3.03. The molecule has 0 aliphatic carbocycles. The van der Waals surface area contributed by atoms with E-state index in [4.69, 9.17) is 0 Å². The van der Waals surface area contributed by atoms with E-state index in [0.29, 0.717) is 0 Å². The van der Waals surface area contributed by atoms with Crippen LogP contribution in [0.3, 0.4) is 0 Å². The van der Waals surface area contributed by atoms with Gasteiger partial charge in [0.2, 0.25) is 0 Å². The molecule has 0 heterocycles. The molecular weight excluding hydrogens is 240 g/mol. The molecule has 0 saturated carbocycles. The zero-order valence-electron chi connectivity index (χ0n) is 14.9. The van der Waals surface area contributed by atoms with Crippen LogP contribution in [-0.4, -0.2) is 0 Å². The second kappa shape index (κ2) is 17.1. The first kappa shape index (κ1) is 20.0. The van der Waals surface area contributed by atoms with Gasteiger partial charge < -0.3 is 0 Å². The van der Waals surface area contributed by atoms with E-state index in [1.165, 1.54) is 103 Å². The maximum absolute atomic E-state index is 2.44. The van der Waals surface area contributed by atoms with Gasteiger partial charge in [-0.1, -0.05) is 124 Å². The SMILES string of the molecule is CCCCCCCCCCCCCC[C@@H](C)CCCC. The molecule has 0 spiro atoms. The van der Waals surface area contributed by atoms with Crippen molar-refractivity contribution in [1.82, 2.24) is 0 Å². The van der Waals surface area contributed by atoms with Gasteiger partial charge in [-0.15, -0.1) is 0 Å². The van der Waals surface area contributed by atoms with Crippen LogP contribution in [0.1, 0.15) is 124 Å². The Hall–Kier alpha value is 0. The molecule has 0 aliphatic heterocycles. The topological polar surface area (TPSA) is 0 Å². The number of hydrogen-bond acceptors (Lipinski definition) is 0. The lowest BCUT2D eigenvalue weighted by molar-refractivity contribution is 0.440. The highest BCUT2D eigenvalue weighted by atomic mass is 14.1. The molecule has 0 aromatic heterocycles. The summed E-state index contributed by atoms with van der Waals surface area (Å²) in [5.74, 6) is 0.970. The maximum atomic E-state index is 2.44. The van der Waals surface area contributed by atoms with Gasteiger partial charge >= 0.3 is 0 Å². The summed E-state index contributed by atoms with van der Waals surface area (Å²) in [6.45, 7) is 7.04. The summed E-state index contributed by atoms with van der Waals surface area (Å²) >= 11 is 0. The molecule has 0 unspecified atom stereocenters. The van der Waals surface area contributed by atoms with Gasteiger partial charge in [-0.05, 0) is 5.92 Å². The molecule has 0 amide bonds. The molecule has 1 atom stereocenters. The molecule has 122 valence electrons. The molecule has 0 aromatic carbocycles. The summed E-state index contributed by atoms with van der Waals surface area (Å²) in [6.07, 6.45) is 23.3. The van der Waals surface area contributed by atoms with Crippen LogP contribution in [0.5, 0.6) is 0 Å². The quantitative estimate of drug-likeness (QED) is 0.252. The third-order valence-electron chi connectivity index (χ3n) is 4.60. The molecular formula is C20H42. The lowest BCUT2D eigenvalue weighted by Crippen LogP contribution is -1.94. The van der Waals surface area contributed by atoms with Gasteiger partial charge in [0, 0.05) is 0 Å². The van der Waals surface area contributed by atoms with E-state index in [-0.39, 0.29) is 0 Å². The van der Waals surface area contributed by atoms with Crippen molar-refractivity contribution >= 4 is 0 Å². The molecule has 0 rings (SSSR count). The predicted molar refractivity (Wildman–Crippen MR) is 94.4 cm³/mol. The first-order chi connectivity index (χ1) is 9.81. The normalized spacial score (nSPS) is 12.8. The third kappa shape index (κ3) is 16.1. The van der Waals surface area contributed by atoms with Crippen LogP contribution in [0.4, 0.5) is 0 Å². The molecule has 0 N–H and O–H groups in total. The summed E-state index contributed by atoms with van der Waals surface area (Å²) in [6, 6.07) is 0. The Morgan fingerprint density at radius 2 is 0.800 bits per heavy atom. The zero-order valence-corrected chi connectivity index (χ0v) is 14.9. The monoisotopic (exact) mass is 282 g/mol. The predicted octanol–water partition coefficient (Wildman–Crippen LogP) is 7.90. The minimum absolute atomic E-state index is 0.970. The molecule has 20 heavy (non-hydrogen) atoms. The number of hydrogen-bond donors (Lipinski definition) is 0. The first-order valence-electron chi connectivity index (χ1n) is 9.81. The largest absolute Gasteiger partial charge is 0.0654 e. The van der Waals surface area contributed by atoms with Crippen LogP contribution in [-0.2, 0) is 0 Å². The van der Waals surface area contributed by atoms with Crippen molar-refractivity contribution in [3.63, 3.8) is 0 Å². The molecule has 0 nitrogen and oxygen atoms in total. The molecule has 0 radical (unpaired) electrons. The Bertz CT molecular complexity index is 161. The lowest BCUT2D eigenvalue weighted by atomic mass is 9.97.